The van der Waals surface area contributed by atoms with Crippen LogP contribution in [0.4, 0.5) is 11.4 Å². The molecule has 2 fully saturated rings. The molecule has 0 unspecified atom stereocenters. The van der Waals surface area contributed by atoms with E-state index in [0.29, 0.717) is 24.4 Å². The zero-order chi connectivity index (χ0) is 21.3. The topological polar surface area (TPSA) is 55.9 Å². The molecule has 2 aliphatic heterocycles. The number of anilines is 2. The molecule has 0 spiro atoms. The third kappa shape index (κ3) is 4.25. The highest BCUT2D eigenvalue weighted by Gasteiger charge is 2.46. The second kappa shape index (κ2) is 8.58. The average Bonchev–Trinajstić information content (AvgIpc) is 3.23. The molecule has 158 valence electrons. The SMILES string of the molecule is CC(=O)N(C)c1ccc(NC(=O)CN2C[C@@H]3CN(C)[C@@H](c4ccccc4)[C@@H]3C2)cc1. The number of rotatable bonds is 5. The molecule has 1 N–H and O–H groups in total. The van der Waals surface area contributed by atoms with Gasteiger partial charge in [-0.15, -0.1) is 0 Å². The Bertz CT molecular complexity index is 899. The Kier molecular flexibility index (Phi) is 5.88. The number of hydrogen-bond acceptors (Lipinski definition) is 4. The zero-order valence-electron chi connectivity index (χ0n) is 17.9. The molecule has 0 radical (unpaired) electrons. The molecule has 6 nitrogen and oxygen atoms in total. The van der Waals surface area contributed by atoms with Crippen LogP contribution in [0.2, 0.25) is 0 Å². The van der Waals surface area contributed by atoms with Crippen LogP contribution in [0.15, 0.2) is 54.6 Å². The van der Waals surface area contributed by atoms with E-state index in [1.807, 2.05) is 24.3 Å². The molecular weight excluding hydrogens is 376 g/mol. The van der Waals surface area contributed by atoms with Crippen molar-refractivity contribution in [3.63, 3.8) is 0 Å². The Morgan fingerprint density at radius 2 is 1.73 bits per heavy atom. The molecule has 2 saturated heterocycles. The Labute approximate surface area is 178 Å². The normalized spacial score (nSPS) is 23.9. The fourth-order valence-electron chi connectivity index (χ4n) is 4.98. The van der Waals surface area contributed by atoms with Gasteiger partial charge in [-0.2, -0.15) is 0 Å². The van der Waals surface area contributed by atoms with Crippen molar-refractivity contribution in [3.05, 3.63) is 60.2 Å². The van der Waals surface area contributed by atoms with E-state index in [2.05, 4.69) is 52.5 Å². The number of nitrogens with one attached hydrogen (secondary N) is 1. The van der Waals surface area contributed by atoms with Crippen LogP contribution in [0.1, 0.15) is 18.5 Å². The molecule has 4 rings (SSSR count). The number of carbonyl (C=O) groups excluding carboxylic acids is 2. The highest BCUT2D eigenvalue weighted by molar-refractivity contribution is 5.93. The van der Waals surface area contributed by atoms with Crippen molar-refractivity contribution < 1.29 is 9.59 Å². The first kappa shape index (κ1) is 20.6. The maximum atomic E-state index is 12.6. The van der Waals surface area contributed by atoms with Gasteiger partial charge in [-0.25, -0.2) is 0 Å². The van der Waals surface area contributed by atoms with Crippen molar-refractivity contribution in [2.75, 3.05) is 50.5 Å². The molecule has 0 aromatic heterocycles. The van der Waals surface area contributed by atoms with E-state index in [0.717, 1.165) is 31.0 Å². The molecule has 0 aliphatic carbocycles. The van der Waals surface area contributed by atoms with Crippen LogP contribution in [0.25, 0.3) is 0 Å². The maximum absolute atomic E-state index is 12.6. The highest BCUT2D eigenvalue weighted by Crippen LogP contribution is 2.43. The summed E-state index contributed by atoms with van der Waals surface area (Å²) in [5.74, 6) is 1.15. The van der Waals surface area contributed by atoms with Crippen molar-refractivity contribution >= 4 is 23.2 Å². The predicted molar refractivity (Wildman–Crippen MR) is 119 cm³/mol. The van der Waals surface area contributed by atoms with Crippen molar-refractivity contribution in [3.8, 4) is 0 Å². The quantitative estimate of drug-likeness (QED) is 0.830. The Morgan fingerprint density at radius 3 is 2.40 bits per heavy atom. The Balaban J connectivity index is 1.34. The van der Waals surface area contributed by atoms with E-state index in [1.165, 1.54) is 12.5 Å². The summed E-state index contributed by atoms with van der Waals surface area (Å²) in [6, 6.07) is 18.5. The van der Waals surface area contributed by atoms with Crippen LogP contribution in [0, 0.1) is 11.8 Å². The molecule has 2 heterocycles. The van der Waals surface area contributed by atoms with E-state index in [1.54, 1.807) is 11.9 Å². The minimum atomic E-state index is -0.0224. The summed E-state index contributed by atoms with van der Waals surface area (Å²) in [6.45, 7) is 4.93. The summed E-state index contributed by atoms with van der Waals surface area (Å²) in [5.41, 5.74) is 2.93. The van der Waals surface area contributed by atoms with Gasteiger partial charge in [0, 0.05) is 51.0 Å². The minimum absolute atomic E-state index is 0.00672. The van der Waals surface area contributed by atoms with E-state index >= 15 is 0 Å². The summed E-state index contributed by atoms with van der Waals surface area (Å²) in [4.78, 5) is 30.4. The average molecular weight is 407 g/mol. The number of benzene rings is 2. The Morgan fingerprint density at radius 1 is 1.03 bits per heavy atom. The van der Waals surface area contributed by atoms with Crippen LogP contribution in [-0.2, 0) is 9.59 Å². The zero-order valence-corrected chi connectivity index (χ0v) is 17.9. The van der Waals surface area contributed by atoms with Crippen LogP contribution in [0.3, 0.4) is 0 Å². The second-order valence-electron chi connectivity index (χ2n) is 8.59. The van der Waals surface area contributed by atoms with Crippen LogP contribution < -0.4 is 10.2 Å². The molecule has 0 bridgehead atoms. The van der Waals surface area contributed by atoms with Gasteiger partial charge in [-0.1, -0.05) is 30.3 Å². The molecular formula is C24H30N4O2. The smallest absolute Gasteiger partial charge is 0.238 e. The van der Waals surface area contributed by atoms with Gasteiger partial charge in [0.15, 0.2) is 0 Å². The molecule has 2 amide bonds. The molecule has 30 heavy (non-hydrogen) atoms. The van der Waals surface area contributed by atoms with Gasteiger partial charge in [0.1, 0.15) is 0 Å². The molecule has 2 aromatic rings. The second-order valence-corrected chi connectivity index (χ2v) is 8.59. The number of likely N-dealkylation sites (tertiary alicyclic amines) is 2. The van der Waals surface area contributed by atoms with Gasteiger partial charge in [0.2, 0.25) is 11.8 Å². The largest absolute Gasteiger partial charge is 0.325 e. The lowest BCUT2D eigenvalue weighted by atomic mass is 9.90. The fraction of sp³-hybridized carbons (Fsp3) is 0.417. The predicted octanol–water partition coefficient (Wildman–Crippen LogP) is 2.84. The molecule has 0 saturated carbocycles. The third-order valence-corrected chi connectivity index (χ3v) is 6.49. The summed E-state index contributed by atoms with van der Waals surface area (Å²) >= 11 is 0. The van der Waals surface area contributed by atoms with Gasteiger partial charge in [-0.3, -0.25) is 19.4 Å². The van der Waals surface area contributed by atoms with Crippen molar-refractivity contribution in [1.82, 2.24) is 9.80 Å². The van der Waals surface area contributed by atoms with Crippen molar-refractivity contribution in [2.45, 2.75) is 13.0 Å². The summed E-state index contributed by atoms with van der Waals surface area (Å²) in [7, 11) is 3.94. The number of nitrogens with zero attached hydrogens (tertiary/aromatic N) is 3. The van der Waals surface area contributed by atoms with Gasteiger partial charge in [0.25, 0.3) is 0 Å². The molecule has 2 aromatic carbocycles. The van der Waals surface area contributed by atoms with Crippen LogP contribution in [0.5, 0.6) is 0 Å². The standard InChI is InChI=1S/C24H30N4O2/c1-17(29)27(3)21-11-9-20(10-12-21)25-23(30)16-28-14-19-13-26(2)24(22(19)15-28)18-7-5-4-6-8-18/h4-12,19,22,24H,13-16H2,1-3H3,(H,25,30)/t19-,22+,24-/m0/s1. The van der Waals surface area contributed by atoms with E-state index in [4.69, 9.17) is 0 Å². The first-order valence-corrected chi connectivity index (χ1v) is 10.5. The van der Waals surface area contributed by atoms with Crippen molar-refractivity contribution in [2.24, 2.45) is 11.8 Å². The van der Waals surface area contributed by atoms with Crippen molar-refractivity contribution in [1.29, 1.82) is 0 Å². The summed E-state index contributed by atoms with van der Waals surface area (Å²) < 4.78 is 0. The minimum Gasteiger partial charge on any atom is -0.325 e. The van der Waals surface area contributed by atoms with Gasteiger partial charge < -0.3 is 10.2 Å². The first-order chi connectivity index (χ1) is 14.4. The van der Waals surface area contributed by atoms with E-state index in [9.17, 15) is 9.59 Å². The Hall–Kier alpha value is -2.70. The molecule has 6 heteroatoms. The monoisotopic (exact) mass is 406 g/mol. The van der Waals surface area contributed by atoms with Crippen LogP contribution in [-0.4, -0.2) is 61.9 Å². The van der Waals surface area contributed by atoms with E-state index in [-0.39, 0.29) is 11.8 Å². The summed E-state index contributed by atoms with van der Waals surface area (Å²) in [5, 5.41) is 2.99. The fourth-order valence-corrected chi connectivity index (χ4v) is 4.98. The number of fused-ring (bicyclic) bond motifs is 1. The lowest BCUT2D eigenvalue weighted by molar-refractivity contribution is -0.117. The van der Waals surface area contributed by atoms with Crippen LogP contribution >= 0.6 is 0 Å². The maximum Gasteiger partial charge on any atom is 0.238 e. The number of amides is 2. The van der Waals surface area contributed by atoms with E-state index < -0.39 is 0 Å². The third-order valence-electron chi connectivity index (χ3n) is 6.49. The number of carbonyl (C=O) groups is 2. The lowest BCUT2D eigenvalue weighted by Gasteiger charge is -2.26. The number of hydrogen-bond donors (Lipinski definition) is 1. The lowest BCUT2D eigenvalue weighted by Crippen LogP contribution is -2.34. The highest BCUT2D eigenvalue weighted by atomic mass is 16.2. The first-order valence-electron chi connectivity index (χ1n) is 10.5. The molecule has 3 atom stereocenters. The summed E-state index contributed by atoms with van der Waals surface area (Å²) in [6.07, 6.45) is 0. The van der Waals surface area contributed by atoms with Gasteiger partial charge in [0.05, 0.1) is 6.54 Å². The van der Waals surface area contributed by atoms with Gasteiger partial charge in [-0.05, 0) is 48.7 Å². The van der Waals surface area contributed by atoms with Gasteiger partial charge >= 0.3 is 0 Å². The molecule has 2 aliphatic rings.